The molecule has 0 heterocycles. The highest BCUT2D eigenvalue weighted by Crippen LogP contribution is 2.31. The third-order valence-electron chi connectivity index (χ3n) is 3.89. The number of carboxylic acid groups (broad SMARTS) is 1. The van der Waals surface area contributed by atoms with Gasteiger partial charge in [0.1, 0.15) is 0 Å². The first-order valence-electron chi connectivity index (χ1n) is 7.75. The van der Waals surface area contributed by atoms with Gasteiger partial charge in [-0.3, -0.25) is 4.79 Å². The molecule has 3 rings (SSSR count). The van der Waals surface area contributed by atoms with Crippen molar-refractivity contribution in [1.82, 2.24) is 0 Å². The maximum atomic E-state index is 13.2. The van der Waals surface area contributed by atoms with E-state index in [1.54, 1.807) is 18.2 Å². The first kappa shape index (κ1) is 16.8. The molecular formula is C19H15F2NO3. The standard InChI is InChI=1S/C19H15F2NO3/c20-15-7-3-12(10-16(15)21)2-1-11-4-8-17(14(9-11)19(24)25)22-18(23)13-5-6-13/h1-4,7-10,13H,5-6H2,(H,22,23)(H,24,25)/b2-1+. The molecule has 0 bridgehead atoms. The summed E-state index contributed by atoms with van der Waals surface area (Å²) in [6.07, 6.45) is 4.78. The number of hydrogen-bond acceptors (Lipinski definition) is 2. The minimum Gasteiger partial charge on any atom is -0.478 e. The second-order valence-corrected chi connectivity index (χ2v) is 5.88. The number of anilines is 1. The minimum atomic E-state index is -1.16. The summed E-state index contributed by atoms with van der Waals surface area (Å²) >= 11 is 0. The van der Waals surface area contributed by atoms with Crippen molar-refractivity contribution in [3.05, 3.63) is 64.7 Å². The molecule has 0 spiro atoms. The van der Waals surface area contributed by atoms with Crippen molar-refractivity contribution in [1.29, 1.82) is 0 Å². The van der Waals surface area contributed by atoms with Gasteiger partial charge in [-0.15, -0.1) is 0 Å². The average Bonchev–Trinajstić information content (AvgIpc) is 3.41. The van der Waals surface area contributed by atoms with Crippen molar-refractivity contribution >= 4 is 29.7 Å². The SMILES string of the molecule is O=C(O)c1cc(/C=C/c2ccc(F)c(F)c2)ccc1NC(=O)C1CC1. The molecule has 1 amide bonds. The number of nitrogens with one attached hydrogen (secondary N) is 1. The molecule has 0 unspecified atom stereocenters. The van der Waals surface area contributed by atoms with Crippen LogP contribution in [0.3, 0.4) is 0 Å². The van der Waals surface area contributed by atoms with E-state index in [-0.39, 0.29) is 23.1 Å². The molecule has 6 heteroatoms. The zero-order chi connectivity index (χ0) is 18.0. The van der Waals surface area contributed by atoms with Crippen molar-refractivity contribution in [2.24, 2.45) is 5.92 Å². The van der Waals surface area contributed by atoms with Crippen LogP contribution in [0.5, 0.6) is 0 Å². The molecule has 2 aromatic carbocycles. The van der Waals surface area contributed by atoms with Gasteiger partial charge in [0, 0.05) is 5.92 Å². The van der Waals surface area contributed by atoms with Crippen LogP contribution in [-0.2, 0) is 4.79 Å². The third-order valence-corrected chi connectivity index (χ3v) is 3.89. The van der Waals surface area contributed by atoms with Gasteiger partial charge in [-0.05, 0) is 48.2 Å². The molecule has 1 fully saturated rings. The molecule has 0 saturated heterocycles. The quantitative estimate of drug-likeness (QED) is 0.800. The van der Waals surface area contributed by atoms with Gasteiger partial charge in [-0.2, -0.15) is 0 Å². The number of carbonyl (C=O) groups excluding carboxylic acids is 1. The van der Waals surface area contributed by atoms with Crippen molar-refractivity contribution in [3.8, 4) is 0 Å². The van der Waals surface area contributed by atoms with E-state index in [9.17, 15) is 23.5 Å². The summed E-state index contributed by atoms with van der Waals surface area (Å²) in [6, 6.07) is 8.07. The fraction of sp³-hybridized carbons (Fsp3) is 0.158. The van der Waals surface area contributed by atoms with E-state index in [0.29, 0.717) is 11.1 Å². The highest BCUT2D eigenvalue weighted by Gasteiger charge is 2.30. The van der Waals surface area contributed by atoms with Gasteiger partial charge in [0.25, 0.3) is 0 Å². The fourth-order valence-electron chi connectivity index (χ4n) is 2.34. The van der Waals surface area contributed by atoms with Crippen LogP contribution < -0.4 is 5.32 Å². The summed E-state index contributed by atoms with van der Waals surface area (Å²) < 4.78 is 26.1. The second-order valence-electron chi connectivity index (χ2n) is 5.88. The van der Waals surface area contributed by atoms with Gasteiger partial charge in [-0.1, -0.05) is 24.3 Å². The van der Waals surface area contributed by atoms with E-state index in [1.165, 1.54) is 18.2 Å². The van der Waals surface area contributed by atoms with E-state index < -0.39 is 17.6 Å². The number of carboxylic acids is 1. The Hall–Kier alpha value is -3.02. The molecule has 25 heavy (non-hydrogen) atoms. The number of carbonyl (C=O) groups is 2. The van der Waals surface area contributed by atoms with E-state index >= 15 is 0 Å². The predicted molar refractivity (Wildman–Crippen MR) is 90.0 cm³/mol. The number of aromatic carboxylic acids is 1. The number of benzene rings is 2. The Kier molecular flexibility index (Phi) is 4.61. The molecule has 0 radical (unpaired) electrons. The Morgan fingerprint density at radius 3 is 2.24 bits per heavy atom. The normalized spacial score (nSPS) is 13.8. The summed E-state index contributed by atoms with van der Waals surface area (Å²) in [5, 5.41) is 12.0. The monoisotopic (exact) mass is 343 g/mol. The Morgan fingerprint density at radius 2 is 1.64 bits per heavy atom. The van der Waals surface area contributed by atoms with Gasteiger partial charge in [-0.25, -0.2) is 13.6 Å². The topological polar surface area (TPSA) is 66.4 Å². The van der Waals surface area contributed by atoms with Gasteiger partial charge < -0.3 is 10.4 Å². The lowest BCUT2D eigenvalue weighted by Crippen LogP contribution is -2.16. The van der Waals surface area contributed by atoms with E-state index in [2.05, 4.69) is 5.32 Å². The molecule has 0 aliphatic heterocycles. The van der Waals surface area contributed by atoms with Crippen LogP contribution in [-0.4, -0.2) is 17.0 Å². The van der Waals surface area contributed by atoms with Gasteiger partial charge in [0.15, 0.2) is 11.6 Å². The number of hydrogen-bond donors (Lipinski definition) is 2. The molecule has 2 aromatic rings. The average molecular weight is 343 g/mol. The summed E-state index contributed by atoms with van der Waals surface area (Å²) in [6.45, 7) is 0. The van der Waals surface area contributed by atoms with Crippen LogP contribution in [0.4, 0.5) is 14.5 Å². The Labute approximate surface area is 142 Å². The summed E-state index contributed by atoms with van der Waals surface area (Å²) in [5.41, 5.74) is 1.23. The Morgan fingerprint density at radius 1 is 1.00 bits per heavy atom. The van der Waals surface area contributed by atoms with Crippen molar-refractivity contribution < 1.29 is 23.5 Å². The zero-order valence-corrected chi connectivity index (χ0v) is 13.1. The molecule has 0 aromatic heterocycles. The number of rotatable bonds is 5. The molecule has 2 N–H and O–H groups in total. The summed E-state index contributed by atoms with van der Waals surface area (Å²) in [5.74, 6) is -3.25. The van der Waals surface area contributed by atoms with Crippen LogP contribution in [0, 0.1) is 17.6 Å². The smallest absolute Gasteiger partial charge is 0.337 e. The lowest BCUT2D eigenvalue weighted by atomic mass is 10.1. The van der Waals surface area contributed by atoms with Crippen molar-refractivity contribution in [3.63, 3.8) is 0 Å². The van der Waals surface area contributed by atoms with Crippen LogP contribution in [0.15, 0.2) is 36.4 Å². The molecule has 4 nitrogen and oxygen atoms in total. The van der Waals surface area contributed by atoms with Crippen LogP contribution >= 0.6 is 0 Å². The Balaban J connectivity index is 1.82. The molecule has 128 valence electrons. The highest BCUT2D eigenvalue weighted by atomic mass is 19.2. The van der Waals surface area contributed by atoms with E-state index in [0.717, 1.165) is 25.0 Å². The second kappa shape index (κ2) is 6.84. The number of amides is 1. The lowest BCUT2D eigenvalue weighted by molar-refractivity contribution is -0.117. The van der Waals surface area contributed by atoms with Gasteiger partial charge in [0.05, 0.1) is 11.3 Å². The van der Waals surface area contributed by atoms with E-state index in [1.807, 2.05) is 0 Å². The van der Waals surface area contributed by atoms with Gasteiger partial charge >= 0.3 is 5.97 Å². The van der Waals surface area contributed by atoms with Crippen LogP contribution in [0.1, 0.15) is 34.3 Å². The van der Waals surface area contributed by atoms with Crippen molar-refractivity contribution in [2.75, 3.05) is 5.32 Å². The third kappa shape index (κ3) is 4.09. The molecular weight excluding hydrogens is 328 g/mol. The Bertz CT molecular complexity index is 873. The van der Waals surface area contributed by atoms with Crippen molar-refractivity contribution in [2.45, 2.75) is 12.8 Å². The first-order valence-corrected chi connectivity index (χ1v) is 7.75. The first-order chi connectivity index (χ1) is 11.9. The lowest BCUT2D eigenvalue weighted by Gasteiger charge is -2.09. The maximum absolute atomic E-state index is 13.2. The molecule has 1 aliphatic carbocycles. The number of halogens is 2. The highest BCUT2D eigenvalue weighted by molar-refractivity contribution is 6.02. The van der Waals surface area contributed by atoms with Gasteiger partial charge in [0.2, 0.25) is 5.91 Å². The maximum Gasteiger partial charge on any atom is 0.337 e. The summed E-state index contributed by atoms with van der Waals surface area (Å²) in [7, 11) is 0. The predicted octanol–water partition coefficient (Wildman–Crippen LogP) is 4.18. The van der Waals surface area contributed by atoms with Crippen LogP contribution in [0.25, 0.3) is 12.2 Å². The fourth-order valence-corrected chi connectivity index (χ4v) is 2.34. The minimum absolute atomic E-state index is 0.0264. The largest absolute Gasteiger partial charge is 0.478 e. The molecule has 1 aliphatic rings. The van der Waals surface area contributed by atoms with E-state index in [4.69, 9.17) is 0 Å². The molecule has 1 saturated carbocycles. The van der Waals surface area contributed by atoms with Crippen LogP contribution in [0.2, 0.25) is 0 Å². The molecule has 0 atom stereocenters. The summed E-state index contributed by atoms with van der Waals surface area (Å²) in [4.78, 5) is 23.3. The zero-order valence-electron chi connectivity index (χ0n) is 13.1.